The summed E-state index contributed by atoms with van der Waals surface area (Å²) in [6.45, 7) is 2.47. The second kappa shape index (κ2) is 12.8. The van der Waals surface area contributed by atoms with Gasteiger partial charge in [0.2, 0.25) is 0 Å². The van der Waals surface area contributed by atoms with Crippen LogP contribution in [-0.4, -0.2) is 47.9 Å². The van der Waals surface area contributed by atoms with Crippen LogP contribution >= 0.6 is 0 Å². The number of carbonyl (C=O) groups excluding carboxylic acids is 1. The predicted molar refractivity (Wildman–Crippen MR) is 172 cm³/mol. The molecule has 5 aromatic rings. The summed E-state index contributed by atoms with van der Waals surface area (Å²) in [7, 11) is 3.13. The minimum atomic E-state index is -0.633. The molecular weight excluding hydrogens is 550 g/mol. The smallest absolute Gasteiger partial charge is 0.142 e. The topological polar surface area (TPSA) is 106 Å². The van der Waals surface area contributed by atoms with E-state index in [1.165, 1.54) is 18.5 Å². The number of hydrogen-bond donors (Lipinski definition) is 2. The van der Waals surface area contributed by atoms with Crippen LogP contribution < -0.4 is 0 Å². The lowest BCUT2D eigenvalue weighted by molar-refractivity contribution is -0.111. The lowest BCUT2D eigenvalue weighted by Gasteiger charge is -2.25. The van der Waals surface area contributed by atoms with Gasteiger partial charge in [0.05, 0.1) is 23.9 Å². The van der Waals surface area contributed by atoms with E-state index in [1.807, 2.05) is 47.3 Å². The minimum Gasteiger partial charge on any atom is -0.400 e. The van der Waals surface area contributed by atoms with Crippen LogP contribution in [0, 0.1) is 12.8 Å². The van der Waals surface area contributed by atoms with Gasteiger partial charge in [-0.3, -0.25) is 9.67 Å². The molecule has 2 saturated carbocycles. The summed E-state index contributed by atoms with van der Waals surface area (Å²) in [4.78, 5) is 21.6. The van der Waals surface area contributed by atoms with Crippen LogP contribution in [-0.2, 0) is 18.4 Å². The fourth-order valence-corrected chi connectivity index (χ4v) is 6.72. The Morgan fingerprint density at radius 2 is 1.61 bits per heavy atom. The number of pyridine rings is 1. The number of aliphatic hydroxyl groups excluding tert-OH is 2. The van der Waals surface area contributed by atoms with E-state index < -0.39 is 6.10 Å². The summed E-state index contributed by atoms with van der Waals surface area (Å²) >= 11 is 0. The molecule has 3 heterocycles. The number of nitrogens with zero attached hydrogens (tertiary/aromatic N) is 5. The standard InChI is InChI=1S/C35H37N5O2.CH4O/c1-22-27(17-18-30(36-22)24-13-11-23(21-41)12-14-24)35-37-33(34(39(35)2)26-15-16-26)28-9-6-10-31-29(28)19-40(38-31)20-32(42)25-7-4-3-5-8-25;1-2/h3-10,17-19,21,23-24,26,32,42H,11-16,20H2,1-2H3;2H,1H3. The first-order valence-corrected chi connectivity index (χ1v) is 15.6. The number of hydrogen-bond acceptors (Lipinski definition) is 6. The van der Waals surface area contributed by atoms with E-state index >= 15 is 0 Å². The van der Waals surface area contributed by atoms with Gasteiger partial charge in [-0.1, -0.05) is 42.5 Å². The molecule has 2 aliphatic rings. The third-order valence-electron chi connectivity index (χ3n) is 9.23. The monoisotopic (exact) mass is 591 g/mol. The van der Waals surface area contributed by atoms with Gasteiger partial charge in [-0.15, -0.1) is 0 Å². The molecule has 8 nitrogen and oxygen atoms in total. The highest BCUT2D eigenvalue weighted by molar-refractivity contribution is 5.94. The fraction of sp³-hybridized carbons (Fsp3) is 0.389. The van der Waals surface area contributed by atoms with Crippen molar-refractivity contribution in [3.8, 4) is 22.6 Å². The maximum atomic E-state index is 11.2. The van der Waals surface area contributed by atoms with Gasteiger partial charge in [0.1, 0.15) is 12.1 Å². The highest BCUT2D eigenvalue weighted by atomic mass is 16.3. The van der Waals surface area contributed by atoms with Crippen molar-refractivity contribution < 1.29 is 15.0 Å². The van der Waals surface area contributed by atoms with Crippen molar-refractivity contribution in [3.05, 3.63) is 89.5 Å². The molecule has 8 heteroatoms. The lowest BCUT2D eigenvalue weighted by atomic mass is 9.81. The Balaban J connectivity index is 0.00000168. The van der Waals surface area contributed by atoms with Gasteiger partial charge in [-0.05, 0) is 69.2 Å². The van der Waals surface area contributed by atoms with E-state index in [9.17, 15) is 9.90 Å². The lowest BCUT2D eigenvalue weighted by Crippen LogP contribution is -2.15. The Bertz CT molecular complexity index is 1750. The van der Waals surface area contributed by atoms with Gasteiger partial charge in [-0.25, -0.2) is 4.98 Å². The second-order valence-electron chi connectivity index (χ2n) is 12.1. The molecule has 44 heavy (non-hydrogen) atoms. The first-order chi connectivity index (χ1) is 21.5. The second-order valence-corrected chi connectivity index (χ2v) is 12.1. The Morgan fingerprint density at radius 1 is 0.886 bits per heavy atom. The van der Waals surface area contributed by atoms with Crippen LogP contribution in [0.1, 0.15) is 79.1 Å². The van der Waals surface area contributed by atoms with E-state index in [2.05, 4.69) is 42.8 Å². The first kappa shape index (κ1) is 29.9. The Kier molecular flexibility index (Phi) is 8.73. The summed E-state index contributed by atoms with van der Waals surface area (Å²) in [6.07, 6.45) is 8.83. The van der Waals surface area contributed by atoms with Gasteiger partial charge in [-0.2, -0.15) is 5.10 Å². The van der Waals surface area contributed by atoms with Crippen molar-refractivity contribution in [2.24, 2.45) is 13.0 Å². The van der Waals surface area contributed by atoms with Gasteiger partial charge in [0, 0.05) is 71.7 Å². The van der Waals surface area contributed by atoms with E-state index in [0.29, 0.717) is 18.4 Å². The molecule has 228 valence electrons. The number of carbonyl (C=O) groups is 1. The van der Waals surface area contributed by atoms with Crippen LogP contribution in [0.5, 0.6) is 0 Å². The number of aromatic nitrogens is 5. The molecule has 0 saturated heterocycles. The quantitative estimate of drug-likeness (QED) is 0.200. The average Bonchev–Trinajstić information content (AvgIpc) is 3.73. The third-order valence-corrected chi connectivity index (χ3v) is 9.23. The Labute approximate surface area is 258 Å². The van der Waals surface area contributed by atoms with E-state index in [-0.39, 0.29) is 5.92 Å². The summed E-state index contributed by atoms with van der Waals surface area (Å²) < 4.78 is 4.12. The van der Waals surface area contributed by atoms with Crippen molar-refractivity contribution in [3.63, 3.8) is 0 Å². The molecule has 1 unspecified atom stereocenters. The van der Waals surface area contributed by atoms with Crippen molar-refractivity contribution >= 4 is 17.2 Å². The van der Waals surface area contributed by atoms with Crippen LogP contribution in [0.25, 0.3) is 33.5 Å². The Hall–Kier alpha value is -4.14. The molecule has 0 radical (unpaired) electrons. The van der Waals surface area contributed by atoms with Crippen LogP contribution in [0.2, 0.25) is 0 Å². The average molecular weight is 592 g/mol. The molecule has 0 spiro atoms. The number of benzene rings is 2. The number of aryl methyl sites for hydroxylation is 1. The third kappa shape index (κ3) is 5.84. The van der Waals surface area contributed by atoms with E-state index in [0.717, 1.165) is 89.6 Å². The zero-order chi connectivity index (χ0) is 30.8. The molecule has 0 aliphatic heterocycles. The number of rotatable bonds is 8. The first-order valence-electron chi connectivity index (χ1n) is 15.6. The number of imidazole rings is 1. The number of aldehydes is 1. The molecular formula is C36H41N5O3. The molecule has 2 aliphatic carbocycles. The summed E-state index contributed by atoms with van der Waals surface area (Å²) in [6, 6.07) is 20.3. The Morgan fingerprint density at radius 3 is 2.30 bits per heavy atom. The maximum absolute atomic E-state index is 11.2. The highest BCUT2D eigenvalue weighted by Gasteiger charge is 2.33. The van der Waals surface area contributed by atoms with Gasteiger partial charge >= 0.3 is 0 Å². The number of fused-ring (bicyclic) bond motifs is 1. The van der Waals surface area contributed by atoms with Crippen molar-refractivity contribution in [1.29, 1.82) is 0 Å². The molecule has 0 bridgehead atoms. The largest absolute Gasteiger partial charge is 0.400 e. The van der Waals surface area contributed by atoms with Crippen molar-refractivity contribution in [2.45, 2.75) is 69.9 Å². The molecule has 2 N–H and O–H groups in total. The predicted octanol–water partition coefficient (Wildman–Crippen LogP) is 6.50. The van der Waals surface area contributed by atoms with Crippen LogP contribution in [0.15, 0.2) is 66.9 Å². The molecule has 2 fully saturated rings. The highest BCUT2D eigenvalue weighted by Crippen LogP contribution is 2.47. The van der Waals surface area contributed by atoms with Crippen LogP contribution in [0.3, 0.4) is 0 Å². The van der Waals surface area contributed by atoms with Crippen molar-refractivity contribution in [2.75, 3.05) is 7.11 Å². The molecule has 3 aromatic heterocycles. The fourth-order valence-electron chi connectivity index (χ4n) is 6.72. The number of aliphatic hydroxyl groups is 2. The minimum absolute atomic E-state index is 0.207. The summed E-state index contributed by atoms with van der Waals surface area (Å²) in [5.74, 6) is 2.07. The SMILES string of the molecule is CO.Cc1nc(C2CCC(C=O)CC2)ccc1-c1nc(-c2cccc3nn(CC(O)c4ccccc4)cc23)c(C2CC2)n1C. The van der Waals surface area contributed by atoms with E-state index in [4.69, 9.17) is 20.2 Å². The zero-order valence-corrected chi connectivity index (χ0v) is 25.7. The van der Waals surface area contributed by atoms with Gasteiger partial charge < -0.3 is 19.6 Å². The summed E-state index contributed by atoms with van der Waals surface area (Å²) in [5, 5.41) is 23.7. The van der Waals surface area contributed by atoms with Crippen molar-refractivity contribution in [1.82, 2.24) is 24.3 Å². The van der Waals surface area contributed by atoms with Gasteiger partial charge in [0.15, 0.2) is 0 Å². The molecule has 7 rings (SSSR count). The van der Waals surface area contributed by atoms with E-state index in [1.54, 1.807) is 0 Å². The normalized spacial score (nSPS) is 18.9. The molecule has 2 aromatic carbocycles. The van der Waals surface area contributed by atoms with Crippen LogP contribution in [0.4, 0.5) is 0 Å². The maximum Gasteiger partial charge on any atom is 0.142 e. The molecule has 0 amide bonds. The van der Waals surface area contributed by atoms with Gasteiger partial charge in [0.25, 0.3) is 0 Å². The summed E-state index contributed by atoms with van der Waals surface area (Å²) in [5.41, 5.74) is 8.32. The molecule has 1 atom stereocenters. The zero-order valence-electron chi connectivity index (χ0n) is 25.7.